The highest BCUT2D eigenvalue weighted by molar-refractivity contribution is 5.85. The molecular weight excluding hydrogens is 268 g/mol. The number of carbonyl (C=O) groups is 3. The Morgan fingerprint density at radius 1 is 1.15 bits per heavy atom. The maximum Gasteiger partial charge on any atom is 0.331 e. The predicted octanol–water partition coefficient (Wildman–Crippen LogP) is -1.30. The molecule has 0 heterocycles. The molecule has 0 bridgehead atoms. The molecule has 1 unspecified atom stereocenters. The molecule has 8 heteroatoms. The zero-order chi connectivity index (χ0) is 15.5. The van der Waals surface area contributed by atoms with Crippen LogP contribution in [0.1, 0.15) is 26.7 Å². The minimum atomic E-state index is -1.11. The Balaban J connectivity index is 4.14. The van der Waals surface area contributed by atoms with Crippen molar-refractivity contribution in [2.24, 2.45) is 5.73 Å². The molecule has 0 rings (SSSR count). The SMILES string of the molecule is CCOC(=O)C(N)CCC(=O)N[C@@H](CO)C(=O)OCC. The molecule has 0 aromatic carbocycles. The zero-order valence-electron chi connectivity index (χ0n) is 11.8. The molecule has 8 nitrogen and oxygen atoms in total. The first-order chi connectivity index (χ1) is 9.46. The fourth-order valence-electron chi connectivity index (χ4n) is 1.34. The molecule has 0 aliphatic carbocycles. The van der Waals surface area contributed by atoms with E-state index in [4.69, 9.17) is 15.6 Å². The smallest absolute Gasteiger partial charge is 0.331 e. The Morgan fingerprint density at radius 2 is 1.70 bits per heavy atom. The van der Waals surface area contributed by atoms with E-state index < -0.39 is 36.5 Å². The van der Waals surface area contributed by atoms with Crippen LogP contribution in [0.25, 0.3) is 0 Å². The molecule has 0 aliphatic heterocycles. The van der Waals surface area contributed by atoms with Gasteiger partial charge in [-0.25, -0.2) is 4.79 Å². The lowest BCUT2D eigenvalue weighted by molar-refractivity contribution is -0.149. The maximum absolute atomic E-state index is 11.6. The average molecular weight is 290 g/mol. The number of amides is 1. The molecule has 0 saturated heterocycles. The van der Waals surface area contributed by atoms with Gasteiger partial charge in [0, 0.05) is 6.42 Å². The predicted molar refractivity (Wildman–Crippen MR) is 69.5 cm³/mol. The van der Waals surface area contributed by atoms with Gasteiger partial charge in [0.2, 0.25) is 5.91 Å². The van der Waals surface area contributed by atoms with Gasteiger partial charge in [-0.05, 0) is 20.3 Å². The molecule has 0 saturated carbocycles. The van der Waals surface area contributed by atoms with E-state index in [0.717, 1.165) is 0 Å². The average Bonchev–Trinajstić information content (AvgIpc) is 2.42. The first-order valence-corrected chi connectivity index (χ1v) is 6.45. The number of hydrogen-bond acceptors (Lipinski definition) is 7. The quantitative estimate of drug-likeness (QED) is 0.450. The topological polar surface area (TPSA) is 128 Å². The molecule has 116 valence electrons. The fraction of sp³-hybridized carbons (Fsp3) is 0.750. The summed E-state index contributed by atoms with van der Waals surface area (Å²) in [5.74, 6) is -1.79. The second-order valence-corrected chi connectivity index (χ2v) is 3.95. The van der Waals surface area contributed by atoms with Crippen molar-refractivity contribution in [1.82, 2.24) is 5.32 Å². The van der Waals surface area contributed by atoms with Crippen LogP contribution in [-0.2, 0) is 23.9 Å². The van der Waals surface area contributed by atoms with Crippen molar-refractivity contribution >= 4 is 17.8 Å². The molecule has 0 fully saturated rings. The number of nitrogens with two attached hydrogens (primary N) is 1. The third-order valence-electron chi connectivity index (χ3n) is 2.36. The number of ether oxygens (including phenoxy) is 2. The van der Waals surface area contributed by atoms with E-state index >= 15 is 0 Å². The van der Waals surface area contributed by atoms with Crippen molar-refractivity contribution in [3.05, 3.63) is 0 Å². The minimum absolute atomic E-state index is 0.0596. The van der Waals surface area contributed by atoms with Gasteiger partial charge in [-0.2, -0.15) is 0 Å². The summed E-state index contributed by atoms with van der Waals surface area (Å²) in [6.45, 7) is 3.08. The van der Waals surface area contributed by atoms with Crippen LogP contribution in [0.15, 0.2) is 0 Å². The molecular formula is C12H22N2O6. The monoisotopic (exact) mass is 290 g/mol. The Bertz CT molecular complexity index is 334. The minimum Gasteiger partial charge on any atom is -0.465 e. The summed E-state index contributed by atoms with van der Waals surface area (Å²) in [6, 6.07) is -2.00. The van der Waals surface area contributed by atoms with Crippen LogP contribution in [0.2, 0.25) is 0 Å². The lowest BCUT2D eigenvalue weighted by atomic mass is 10.1. The highest BCUT2D eigenvalue weighted by Crippen LogP contribution is 1.99. The molecule has 4 N–H and O–H groups in total. The molecule has 0 aliphatic rings. The zero-order valence-corrected chi connectivity index (χ0v) is 11.8. The summed E-state index contributed by atoms with van der Waals surface area (Å²) in [6.07, 6.45) is 0.0293. The Hall–Kier alpha value is -1.67. The number of esters is 2. The van der Waals surface area contributed by atoms with Gasteiger partial charge in [0.1, 0.15) is 6.04 Å². The normalized spacial score (nSPS) is 13.2. The van der Waals surface area contributed by atoms with Crippen molar-refractivity contribution < 1.29 is 29.0 Å². The summed E-state index contributed by atoms with van der Waals surface area (Å²) in [5.41, 5.74) is 5.53. The van der Waals surface area contributed by atoms with Crippen molar-refractivity contribution in [3.8, 4) is 0 Å². The fourth-order valence-corrected chi connectivity index (χ4v) is 1.34. The number of nitrogens with one attached hydrogen (secondary N) is 1. The molecule has 20 heavy (non-hydrogen) atoms. The van der Waals surface area contributed by atoms with Crippen molar-refractivity contribution in [2.75, 3.05) is 19.8 Å². The van der Waals surface area contributed by atoms with Crippen LogP contribution in [0.3, 0.4) is 0 Å². The molecule has 0 aromatic heterocycles. The second kappa shape index (κ2) is 10.2. The number of carbonyl (C=O) groups excluding carboxylic acids is 3. The van der Waals surface area contributed by atoms with Crippen LogP contribution in [-0.4, -0.2) is 54.9 Å². The first-order valence-electron chi connectivity index (χ1n) is 6.45. The second-order valence-electron chi connectivity index (χ2n) is 3.95. The van der Waals surface area contributed by atoms with Crippen molar-refractivity contribution in [2.45, 2.75) is 38.8 Å². The molecule has 0 aromatic rings. The van der Waals surface area contributed by atoms with Crippen molar-refractivity contribution in [1.29, 1.82) is 0 Å². The number of hydrogen-bond donors (Lipinski definition) is 3. The largest absolute Gasteiger partial charge is 0.465 e. The van der Waals surface area contributed by atoms with Gasteiger partial charge in [0.25, 0.3) is 0 Å². The Kier molecular flexibility index (Phi) is 9.31. The number of aliphatic hydroxyl groups is 1. The first kappa shape index (κ1) is 18.3. The van der Waals surface area contributed by atoms with Gasteiger partial charge in [-0.1, -0.05) is 0 Å². The Labute approximate surface area is 117 Å². The van der Waals surface area contributed by atoms with Crippen LogP contribution in [0, 0.1) is 0 Å². The van der Waals surface area contributed by atoms with Crippen LogP contribution >= 0.6 is 0 Å². The third-order valence-corrected chi connectivity index (χ3v) is 2.36. The molecule has 0 radical (unpaired) electrons. The summed E-state index contributed by atoms with van der Waals surface area (Å²) >= 11 is 0. The van der Waals surface area contributed by atoms with E-state index in [2.05, 4.69) is 10.1 Å². The highest BCUT2D eigenvalue weighted by atomic mass is 16.5. The summed E-state index contributed by atoms with van der Waals surface area (Å²) in [7, 11) is 0. The van der Waals surface area contributed by atoms with Crippen molar-refractivity contribution in [3.63, 3.8) is 0 Å². The highest BCUT2D eigenvalue weighted by Gasteiger charge is 2.22. The molecule has 2 atom stereocenters. The van der Waals surface area contributed by atoms with Gasteiger partial charge >= 0.3 is 11.9 Å². The van der Waals surface area contributed by atoms with E-state index in [-0.39, 0.29) is 26.1 Å². The number of aliphatic hydroxyl groups excluding tert-OH is 1. The van der Waals surface area contributed by atoms with E-state index in [1.165, 1.54) is 0 Å². The van der Waals surface area contributed by atoms with Gasteiger partial charge in [0.15, 0.2) is 6.04 Å². The van der Waals surface area contributed by atoms with Crippen LogP contribution in [0.4, 0.5) is 0 Å². The lowest BCUT2D eigenvalue weighted by Gasteiger charge is -2.15. The van der Waals surface area contributed by atoms with E-state index in [1.54, 1.807) is 13.8 Å². The summed E-state index contributed by atoms with van der Waals surface area (Å²) in [4.78, 5) is 34.1. The van der Waals surface area contributed by atoms with Gasteiger partial charge in [-0.15, -0.1) is 0 Å². The van der Waals surface area contributed by atoms with Gasteiger partial charge < -0.3 is 25.6 Å². The lowest BCUT2D eigenvalue weighted by Crippen LogP contribution is -2.45. The summed E-state index contributed by atoms with van der Waals surface area (Å²) in [5, 5.41) is 11.3. The van der Waals surface area contributed by atoms with E-state index in [9.17, 15) is 14.4 Å². The van der Waals surface area contributed by atoms with E-state index in [0.29, 0.717) is 0 Å². The third kappa shape index (κ3) is 7.05. The van der Waals surface area contributed by atoms with E-state index in [1.807, 2.05) is 0 Å². The molecule has 1 amide bonds. The maximum atomic E-state index is 11.6. The number of rotatable bonds is 9. The molecule has 0 spiro atoms. The Morgan fingerprint density at radius 3 is 2.20 bits per heavy atom. The van der Waals surface area contributed by atoms with Crippen LogP contribution in [0.5, 0.6) is 0 Å². The van der Waals surface area contributed by atoms with Gasteiger partial charge in [0.05, 0.1) is 19.8 Å². The van der Waals surface area contributed by atoms with Crippen LogP contribution < -0.4 is 11.1 Å². The standard InChI is InChI=1S/C12H22N2O6/c1-3-19-11(17)8(13)5-6-10(16)14-9(7-15)12(18)20-4-2/h8-9,15H,3-7,13H2,1-2H3,(H,14,16)/t8?,9-/m0/s1. The van der Waals surface area contributed by atoms with Gasteiger partial charge in [-0.3, -0.25) is 9.59 Å². The summed E-state index contributed by atoms with van der Waals surface area (Å²) < 4.78 is 9.38.